The number of pyridine rings is 1. The molecule has 2 aromatic heterocycles. The van der Waals surface area contributed by atoms with E-state index in [1.54, 1.807) is 18.2 Å². The first-order chi connectivity index (χ1) is 16.9. The number of sulfone groups is 1. The molecule has 0 spiro atoms. The first-order valence-electron chi connectivity index (χ1n) is 10.4. The van der Waals surface area contributed by atoms with Crippen molar-refractivity contribution in [3.05, 3.63) is 101 Å². The van der Waals surface area contributed by atoms with E-state index in [0.29, 0.717) is 15.4 Å². The summed E-state index contributed by atoms with van der Waals surface area (Å²) in [6.07, 6.45) is -1.63. The highest BCUT2D eigenvalue weighted by Gasteiger charge is 2.41. The first-order valence-corrected chi connectivity index (χ1v) is 12.6. The Hall–Kier alpha value is -3.70. The first kappa shape index (κ1) is 25.4. The van der Waals surface area contributed by atoms with E-state index in [2.05, 4.69) is 10.1 Å². The molecular weight excluding hydrogens is 517 g/mol. The third kappa shape index (κ3) is 5.42. The van der Waals surface area contributed by atoms with Gasteiger partial charge in [0, 0.05) is 23.2 Å². The minimum absolute atomic E-state index is 0.0566. The van der Waals surface area contributed by atoms with Crippen LogP contribution in [0.2, 0.25) is 5.02 Å². The second kappa shape index (κ2) is 9.75. The zero-order chi connectivity index (χ0) is 26.1. The topological polar surface area (TPSA) is 85.2 Å². The molecule has 0 aliphatic heterocycles. The molecule has 0 aliphatic carbocycles. The molecule has 0 bridgehead atoms. The molecule has 4 rings (SSSR count). The highest BCUT2D eigenvalue weighted by atomic mass is 35.5. The summed E-state index contributed by atoms with van der Waals surface area (Å²) in [7, 11) is -3.65. The van der Waals surface area contributed by atoms with Crippen LogP contribution in [0.3, 0.4) is 0 Å². The van der Waals surface area contributed by atoms with Crippen molar-refractivity contribution < 1.29 is 26.4 Å². The highest BCUT2D eigenvalue weighted by molar-refractivity contribution is 7.90. The third-order valence-electron chi connectivity index (χ3n) is 5.19. The van der Waals surface area contributed by atoms with Crippen molar-refractivity contribution in [3.63, 3.8) is 0 Å². The number of carbonyl (C=O) groups excluding carboxylic acids is 1. The maximum Gasteiger partial charge on any atom is 0.434 e. The van der Waals surface area contributed by atoms with Crippen molar-refractivity contribution in [3.8, 4) is 5.69 Å². The highest BCUT2D eigenvalue weighted by Crippen LogP contribution is 2.35. The number of anilines is 1. The van der Waals surface area contributed by atoms with Gasteiger partial charge in [-0.05, 0) is 54.6 Å². The molecule has 12 heteroatoms. The minimum atomic E-state index is -4.94. The van der Waals surface area contributed by atoms with Crippen molar-refractivity contribution in [1.29, 1.82) is 0 Å². The van der Waals surface area contributed by atoms with Crippen molar-refractivity contribution in [2.45, 2.75) is 17.6 Å². The lowest BCUT2D eigenvalue weighted by Gasteiger charge is -2.23. The lowest BCUT2D eigenvalue weighted by atomic mass is 10.1. The van der Waals surface area contributed by atoms with Crippen LogP contribution in [0.25, 0.3) is 5.69 Å². The van der Waals surface area contributed by atoms with Gasteiger partial charge in [-0.1, -0.05) is 23.7 Å². The normalized spacial score (nSPS) is 11.9. The van der Waals surface area contributed by atoms with Crippen LogP contribution in [0, 0.1) is 0 Å². The van der Waals surface area contributed by atoms with E-state index < -0.39 is 33.2 Å². The maximum absolute atomic E-state index is 14.2. The number of amides is 1. The number of benzene rings is 2. The number of carbonyl (C=O) groups is 1. The van der Waals surface area contributed by atoms with Crippen LogP contribution in [0.1, 0.15) is 21.7 Å². The summed E-state index contributed by atoms with van der Waals surface area (Å²) in [6, 6.07) is 15.8. The van der Waals surface area contributed by atoms with Gasteiger partial charge in [-0.3, -0.25) is 9.78 Å². The Morgan fingerprint density at radius 3 is 2.39 bits per heavy atom. The average molecular weight is 535 g/mol. The smallest absolute Gasteiger partial charge is 0.302 e. The Labute approximate surface area is 209 Å². The monoisotopic (exact) mass is 534 g/mol. The predicted octanol–water partition coefficient (Wildman–Crippen LogP) is 5.19. The lowest BCUT2D eigenvalue weighted by molar-refractivity contribution is -0.143. The zero-order valence-corrected chi connectivity index (χ0v) is 20.2. The molecule has 0 aliphatic rings. The van der Waals surface area contributed by atoms with Gasteiger partial charge in [-0.2, -0.15) is 18.3 Å². The standard InChI is InChI=1S/C24H18ClF3N4O3S/c1-36(34,35)20-7-4-6-19(13-20)31(15-17-5-2-3-12-29-17)23(33)21-14-30-32(22(21)24(26,27)28)18-10-8-16(25)9-11-18/h2-14H,15H2,1H3. The van der Waals surface area contributed by atoms with Crippen LogP contribution in [0.5, 0.6) is 0 Å². The van der Waals surface area contributed by atoms with Gasteiger partial charge in [0.25, 0.3) is 5.91 Å². The molecule has 0 atom stereocenters. The van der Waals surface area contributed by atoms with E-state index in [-0.39, 0.29) is 22.8 Å². The number of aromatic nitrogens is 3. The fourth-order valence-electron chi connectivity index (χ4n) is 3.52. The SMILES string of the molecule is CS(=O)(=O)c1cccc(N(Cc2ccccn2)C(=O)c2cnn(-c3ccc(Cl)cc3)c2C(F)(F)F)c1. The Balaban J connectivity index is 1.86. The molecule has 0 saturated heterocycles. The molecule has 2 heterocycles. The maximum atomic E-state index is 14.2. The summed E-state index contributed by atoms with van der Waals surface area (Å²) in [5.74, 6) is -1.03. The van der Waals surface area contributed by atoms with Crippen LogP contribution < -0.4 is 4.90 Å². The molecular formula is C24H18ClF3N4O3S. The largest absolute Gasteiger partial charge is 0.434 e. The van der Waals surface area contributed by atoms with E-state index in [4.69, 9.17) is 11.6 Å². The number of rotatable bonds is 6. The molecule has 0 radical (unpaired) electrons. The van der Waals surface area contributed by atoms with Gasteiger partial charge in [0.2, 0.25) is 0 Å². The van der Waals surface area contributed by atoms with Crippen LogP contribution in [0.4, 0.5) is 18.9 Å². The van der Waals surface area contributed by atoms with Crippen molar-refractivity contribution in [2.24, 2.45) is 0 Å². The van der Waals surface area contributed by atoms with Crippen LogP contribution >= 0.6 is 11.6 Å². The van der Waals surface area contributed by atoms with E-state index in [0.717, 1.165) is 17.4 Å². The van der Waals surface area contributed by atoms with Crippen LogP contribution in [0.15, 0.2) is 84.0 Å². The zero-order valence-electron chi connectivity index (χ0n) is 18.6. The lowest BCUT2D eigenvalue weighted by Crippen LogP contribution is -2.32. The van der Waals surface area contributed by atoms with Gasteiger partial charge < -0.3 is 4.90 Å². The summed E-state index contributed by atoms with van der Waals surface area (Å²) < 4.78 is 67.5. The molecule has 0 N–H and O–H groups in total. The Kier molecular flexibility index (Phi) is 6.87. The number of nitrogens with zero attached hydrogens (tertiary/aromatic N) is 4. The van der Waals surface area contributed by atoms with Crippen molar-refractivity contribution >= 4 is 33.0 Å². The predicted molar refractivity (Wildman–Crippen MR) is 128 cm³/mol. The number of halogens is 4. The van der Waals surface area contributed by atoms with Crippen LogP contribution in [-0.4, -0.2) is 35.3 Å². The molecule has 36 heavy (non-hydrogen) atoms. The van der Waals surface area contributed by atoms with Crippen LogP contribution in [-0.2, 0) is 22.6 Å². The van der Waals surface area contributed by atoms with Gasteiger partial charge in [0.15, 0.2) is 15.5 Å². The summed E-state index contributed by atoms with van der Waals surface area (Å²) >= 11 is 5.85. The molecule has 7 nitrogen and oxygen atoms in total. The molecule has 186 valence electrons. The van der Waals surface area contributed by atoms with Gasteiger partial charge in [0.05, 0.1) is 34.6 Å². The Morgan fingerprint density at radius 1 is 1.06 bits per heavy atom. The second-order valence-corrected chi connectivity index (χ2v) is 10.2. The molecule has 1 amide bonds. The van der Waals surface area contributed by atoms with Crippen molar-refractivity contribution in [2.75, 3.05) is 11.2 Å². The fourth-order valence-corrected chi connectivity index (χ4v) is 4.30. The summed E-state index contributed by atoms with van der Waals surface area (Å²) in [5, 5.41) is 4.16. The van der Waals surface area contributed by atoms with E-state index in [9.17, 15) is 26.4 Å². The van der Waals surface area contributed by atoms with E-state index >= 15 is 0 Å². The fraction of sp³-hybridized carbons (Fsp3) is 0.125. The second-order valence-electron chi connectivity index (χ2n) is 7.77. The van der Waals surface area contributed by atoms with Crippen molar-refractivity contribution in [1.82, 2.24) is 14.8 Å². The summed E-state index contributed by atoms with van der Waals surface area (Å²) in [4.78, 5) is 18.8. The van der Waals surface area contributed by atoms with Gasteiger partial charge in [0.1, 0.15) is 0 Å². The summed E-state index contributed by atoms with van der Waals surface area (Å²) in [6.45, 7) is -0.212. The number of alkyl halides is 3. The van der Waals surface area contributed by atoms with E-state index in [1.807, 2.05) is 0 Å². The number of hydrogen-bond donors (Lipinski definition) is 0. The number of hydrogen-bond acceptors (Lipinski definition) is 5. The molecule has 4 aromatic rings. The van der Waals surface area contributed by atoms with E-state index in [1.165, 1.54) is 54.7 Å². The third-order valence-corrected chi connectivity index (χ3v) is 6.55. The molecule has 2 aromatic carbocycles. The van der Waals surface area contributed by atoms with Gasteiger partial charge in [-0.15, -0.1) is 0 Å². The Bertz CT molecular complexity index is 1510. The minimum Gasteiger partial charge on any atom is -0.302 e. The molecule has 0 saturated carbocycles. The van der Waals surface area contributed by atoms with Gasteiger partial charge >= 0.3 is 6.18 Å². The molecule has 0 unspecified atom stereocenters. The summed E-state index contributed by atoms with van der Waals surface area (Å²) in [5.41, 5.74) is -1.46. The quantitative estimate of drug-likeness (QED) is 0.340. The molecule has 0 fully saturated rings. The Morgan fingerprint density at radius 2 is 1.78 bits per heavy atom. The average Bonchev–Trinajstić information content (AvgIpc) is 3.29. The van der Waals surface area contributed by atoms with Gasteiger partial charge in [-0.25, -0.2) is 13.1 Å².